The van der Waals surface area contributed by atoms with Crippen LogP contribution in [-0.4, -0.2) is 21.1 Å². The summed E-state index contributed by atoms with van der Waals surface area (Å²) in [7, 11) is 0. The molecular weight excluding hydrogens is 269 g/mol. The summed E-state index contributed by atoms with van der Waals surface area (Å²) in [4.78, 5) is 0. The fourth-order valence-corrected chi connectivity index (χ4v) is 2.97. The second-order valence-electron chi connectivity index (χ2n) is 5.65. The quantitative estimate of drug-likeness (QED) is 0.918. The van der Waals surface area contributed by atoms with Crippen LogP contribution in [0, 0.1) is 11.8 Å². The molecule has 3 unspecified atom stereocenters. The third-order valence-corrected chi connectivity index (χ3v) is 4.07. The van der Waals surface area contributed by atoms with Gasteiger partial charge in [-0.1, -0.05) is 13.3 Å². The molecule has 0 aromatic carbocycles. The number of aliphatic hydroxyl groups is 1. The Labute approximate surface area is 116 Å². The number of halogens is 3. The van der Waals surface area contributed by atoms with Crippen LogP contribution in [0.3, 0.4) is 0 Å². The Morgan fingerprint density at radius 3 is 2.85 bits per heavy atom. The lowest BCUT2D eigenvalue weighted by atomic mass is 9.77. The summed E-state index contributed by atoms with van der Waals surface area (Å²) in [5.74, 6) is -1.60. The zero-order valence-corrected chi connectivity index (χ0v) is 11.6. The van der Waals surface area contributed by atoms with E-state index in [0.717, 1.165) is 13.0 Å². The Kier molecular flexibility index (Phi) is 4.73. The van der Waals surface area contributed by atoms with Crippen LogP contribution in [0.2, 0.25) is 0 Å². The van der Waals surface area contributed by atoms with Gasteiger partial charge in [-0.05, 0) is 31.6 Å². The number of alkyl halides is 3. The summed E-state index contributed by atoms with van der Waals surface area (Å²) in [6.45, 7) is 2.77. The molecule has 0 amide bonds. The molecule has 20 heavy (non-hydrogen) atoms. The maximum Gasteiger partial charge on any atom is 0.391 e. The predicted octanol–water partition coefficient (Wildman–Crippen LogP) is 3.70. The van der Waals surface area contributed by atoms with E-state index < -0.39 is 18.2 Å². The highest BCUT2D eigenvalue weighted by atomic mass is 19.4. The van der Waals surface area contributed by atoms with Crippen LogP contribution in [0.4, 0.5) is 13.2 Å². The number of aliphatic hydroxyl groups excluding tert-OH is 1. The Balaban J connectivity index is 2.02. The van der Waals surface area contributed by atoms with Gasteiger partial charge in [0.05, 0.1) is 18.2 Å². The van der Waals surface area contributed by atoms with Crippen LogP contribution >= 0.6 is 0 Å². The van der Waals surface area contributed by atoms with Crippen molar-refractivity contribution in [2.24, 2.45) is 11.8 Å². The van der Waals surface area contributed by atoms with Gasteiger partial charge in [0, 0.05) is 18.3 Å². The van der Waals surface area contributed by atoms with Crippen molar-refractivity contribution in [2.45, 2.75) is 57.9 Å². The normalized spacial score (nSPS) is 25.6. The van der Waals surface area contributed by atoms with Crippen molar-refractivity contribution < 1.29 is 18.3 Å². The summed E-state index contributed by atoms with van der Waals surface area (Å²) in [5, 5.41) is 14.4. The molecule has 1 heterocycles. The molecule has 1 saturated carbocycles. The van der Waals surface area contributed by atoms with Crippen LogP contribution in [0.5, 0.6) is 0 Å². The predicted molar refractivity (Wildman–Crippen MR) is 69.0 cm³/mol. The lowest BCUT2D eigenvalue weighted by molar-refractivity contribution is -0.189. The van der Waals surface area contributed by atoms with Gasteiger partial charge in [-0.25, -0.2) is 0 Å². The summed E-state index contributed by atoms with van der Waals surface area (Å²) in [5.41, 5.74) is 0.631. The zero-order chi connectivity index (χ0) is 14.8. The van der Waals surface area contributed by atoms with Crippen molar-refractivity contribution in [3.05, 3.63) is 18.0 Å². The van der Waals surface area contributed by atoms with Gasteiger partial charge in [0.15, 0.2) is 0 Å². The minimum atomic E-state index is -4.15. The zero-order valence-electron chi connectivity index (χ0n) is 11.6. The van der Waals surface area contributed by atoms with E-state index in [9.17, 15) is 18.3 Å². The van der Waals surface area contributed by atoms with Crippen LogP contribution in [0.15, 0.2) is 12.4 Å². The van der Waals surface area contributed by atoms with Crippen molar-refractivity contribution in [2.75, 3.05) is 0 Å². The average molecular weight is 290 g/mol. The van der Waals surface area contributed by atoms with Gasteiger partial charge in [0.2, 0.25) is 0 Å². The first-order chi connectivity index (χ1) is 9.41. The molecule has 3 nitrogen and oxygen atoms in total. The molecule has 0 aliphatic heterocycles. The first-order valence-electron chi connectivity index (χ1n) is 7.19. The van der Waals surface area contributed by atoms with E-state index in [-0.39, 0.29) is 18.8 Å². The summed E-state index contributed by atoms with van der Waals surface area (Å²) < 4.78 is 40.1. The van der Waals surface area contributed by atoms with E-state index in [0.29, 0.717) is 18.4 Å². The number of nitrogens with zero attached hydrogens (tertiary/aromatic N) is 2. The standard InChI is InChI=1S/C14H21F3N2O/c1-2-6-19-9-11(8-18-19)13(20)10-4-3-5-12(7-10)14(15,16)17/h8-10,12-13,20H,2-7H2,1H3. The molecule has 0 bridgehead atoms. The number of hydrogen-bond acceptors (Lipinski definition) is 2. The van der Waals surface area contributed by atoms with E-state index >= 15 is 0 Å². The minimum absolute atomic E-state index is 0.0175. The molecule has 0 saturated heterocycles. The van der Waals surface area contributed by atoms with Gasteiger partial charge in [0.1, 0.15) is 0 Å². The van der Waals surface area contributed by atoms with Gasteiger partial charge >= 0.3 is 6.18 Å². The van der Waals surface area contributed by atoms with Crippen molar-refractivity contribution >= 4 is 0 Å². The van der Waals surface area contributed by atoms with Crippen LogP contribution in [-0.2, 0) is 6.54 Å². The topological polar surface area (TPSA) is 38.0 Å². The first kappa shape index (κ1) is 15.4. The van der Waals surface area contributed by atoms with Gasteiger partial charge in [0.25, 0.3) is 0 Å². The van der Waals surface area contributed by atoms with E-state index in [2.05, 4.69) is 5.10 Å². The molecule has 3 atom stereocenters. The molecule has 1 aromatic rings. The Bertz CT molecular complexity index is 430. The average Bonchev–Trinajstić information content (AvgIpc) is 2.86. The second kappa shape index (κ2) is 6.16. The molecule has 1 N–H and O–H groups in total. The number of hydrogen-bond donors (Lipinski definition) is 1. The summed E-state index contributed by atoms with van der Waals surface area (Å²) >= 11 is 0. The van der Waals surface area contributed by atoms with Crippen molar-refractivity contribution in [1.29, 1.82) is 0 Å². The Hall–Kier alpha value is -1.04. The lowest BCUT2D eigenvalue weighted by Gasteiger charge is -2.32. The summed E-state index contributed by atoms with van der Waals surface area (Å²) in [6, 6.07) is 0. The highest BCUT2D eigenvalue weighted by Crippen LogP contribution is 2.43. The second-order valence-corrected chi connectivity index (χ2v) is 5.65. The van der Waals surface area contributed by atoms with Crippen LogP contribution < -0.4 is 0 Å². The van der Waals surface area contributed by atoms with Crippen molar-refractivity contribution in [1.82, 2.24) is 9.78 Å². The largest absolute Gasteiger partial charge is 0.391 e. The van der Waals surface area contributed by atoms with Crippen molar-refractivity contribution in [3.63, 3.8) is 0 Å². The maximum atomic E-state index is 12.8. The molecule has 1 aliphatic carbocycles. The Morgan fingerprint density at radius 1 is 1.45 bits per heavy atom. The minimum Gasteiger partial charge on any atom is -0.388 e. The molecular formula is C14H21F3N2O. The van der Waals surface area contributed by atoms with E-state index in [1.54, 1.807) is 17.1 Å². The highest BCUT2D eigenvalue weighted by molar-refractivity contribution is 5.09. The third-order valence-electron chi connectivity index (χ3n) is 4.07. The number of aryl methyl sites for hydroxylation is 1. The van der Waals surface area contributed by atoms with E-state index in [4.69, 9.17) is 0 Å². The van der Waals surface area contributed by atoms with E-state index in [1.165, 1.54) is 0 Å². The van der Waals surface area contributed by atoms with Gasteiger partial charge in [-0.15, -0.1) is 0 Å². The number of rotatable bonds is 4. The van der Waals surface area contributed by atoms with Crippen LogP contribution in [0.25, 0.3) is 0 Å². The molecule has 1 aromatic heterocycles. The van der Waals surface area contributed by atoms with E-state index in [1.807, 2.05) is 6.92 Å². The fraction of sp³-hybridized carbons (Fsp3) is 0.786. The fourth-order valence-electron chi connectivity index (χ4n) is 2.97. The van der Waals surface area contributed by atoms with Gasteiger partial charge < -0.3 is 5.11 Å². The SMILES string of the molecule is CCCn1cc(C(O)C2CCCC(C(F)(F)F)C2)cn1. The van der Waals surface area contributed by atoms with Gasteiger partial charge in [-0.2, -0.15) is 18.3 Å². The third kappa shape index (κ3) is 3.53. The molecule has 2 rings (SSSR count). The van der Waals surface area contributed by atoms with Gasteiger partial charge in [-0.3, -0.25) is 4.68 Å². The molecule has 6 heteroatoms. The summed E-state index contributed by atoms with van der Waals surface area (Å²) in [6.07, 6.45) is 0.614. The number of aromatic nitrogens is 2. The van der Waals surface area contributed by atoms with Crippen molar-refractivity contribution in [3.8, 4) is 0 Å². The monoisotopic (exact) mass is 290 g/mol. The lowest BCUT2D eigenvalue weighted by Crippen LogP contribution is -2.31. The smallest absolute Gasteiger partial charge is 0.388 e. The Morgan fingerprint density at radius 2 is 2.20 bits per heavy atom. The molecule has 0 spiro atoms. The maximum absolute atomic E-state index is 12.8. The first-order valence-corrected chi connectivity index (χ1v) is 7.19. The molecule has 0 radical (unpaired) electrons. The molecule has 1 aliphatic rings. The highest BCUT2D eigenvalue weighted by Gasteiger charge is 2.43. The molecule has 114 valence electrons. The molecule has 1 fully saturated rings. The van der Waals surface area contributed by atoms with Crippen LogP contribution in [0.1, 0.15) is 50.7 Å².